The molecule has 0 aliphatic heterocycles. The molecule has 2 rings (SSSR count). The Balaban J connectivity index is 1.90. The standard InChI is InChI=1S/C16H23NO3/c1-16(2,3)20-15(18)10-19-14-9-12-7-5-4-6-11(12)8-13(14)17/h4-7,13-14H,8-10,17H2,1-3H3/t13-,14-/m1/s1. The number of rotatable bonds is 3. The molecule has 0 fully saturated rings. The van der Waals surface area contributed by atoms with Crippen LogP contribution in [0.15, 0.2) is 24.3 Å². The van der Waals surface area contributed by atoms with Crippen LogP contribution in [0.3, 0.4) is 0 Å². The quantitative estimate of drug-likeness (QED) is 0.856. The highest BCUT2D eigenvalue weighted by molar-refractivity contribution is 5.71. The Hall–Kier alpha value is -1.39. The molecule has 0 bridgehead atoms. The van der Waals surface area contributed by atoms with Gasteiger partial charge in [0.25, 0.3) is 0 Å². The van der Waals surface area contributed by atoms with Gasteiger partial charge in [-0.2, -0.15) is 0 Å². The summed E-state index contributed by atoms with van der Waals surface area (Å²) in [5.74, 6) is -0.344. The minimum atomic E-state index is -0.484. The maximum Gasteiger partial charge on any atom is 0.332 e. The van der Waals surface area contributed by atoms with Crippen LogP contribution in [0.1, 0.15) is 31.9 Å². The number of hydrogen-bond acceptors (Lipinski definition) is 4. The molecule has 0 saturated carbocycles. The monoisotopic (exact) mass is 277 g/mol. The van der Waals surface area contributed by atoms with Gasteiger partial charge in [-0.3, -0.25) is 0 Å². The Morgan fingerprint density at radius 1 is 1.25 bits per heavy atom. The SMILES string of the molecule is CC(C)(C)OC(=O)CO[C@@H]1Cc2ccccc2C[C@H]1N. The van der Waals surface area contributed by atoms with Gasteiger partial charge in [-0.05, 0) is 38.3 Å². The molecule has 0 heterocycles. The van der Waals surface area contributed by atoms with Crippen molar-refractivity contribution in [2.75, 3.05) is 6.61 Å². The fourth-order valence-electron chi connectivity index (χ4n) is 2.44. The number of carbonyl (C=O) groups is 1. The zero-order valence-electron chi connectivity index (χ0n) is 12.4. The lowest BCUT2D eigenvalue weighted by molar-refractivity contribution is -0.162. The average Bonchev–Trinajstić information content (AvgIpc) is 2.34. The summed E-state index contributed by atoms with van der Waals surface area (Å²) in [7, 11) is 0. The largest absolute Gasteiger partial charge is 0.458 e. The Bertz CT molecular complexity index is 479. The summed E-state index contributed by atoms with van der Waals surface area (Å²) >= 11 is 0. The molecule has 4 heteroatoms. The lowest BCUT2D eigenvalue weighted by atomic mass is 9.86. The van der Waals surface area contributed by atoms with Crippen molar-refractivity contribution >= 4 is 5.97 Å². The number of fused-ring (bicyclic) bond motifs is 1. The van der Waals surface area contributed by atoms with Gasteiger partial charge < -0.3 is 15.2 Å². The Morgan fingerprint density at radius 3 is 2.45 bits per heavy atom. The van der Waals surface area contributed by atoms with Crippen molar-refractivity contribution in [1.82, 2.24) is 0 Å². The van der Waals surface area contributed by atoms with Crippen LogP contribution in [0.4, 0.5) is 0 Å². The van der Waals surface area contributed by atoms with E-state index in [1.165, 1.54) is 11.1 Å². The minimum absolute atomic E-state index is 0.0438. The van der Waals surface area contributed by atoms with Gasteiger partial charge in [0.1, 0.15) is 12.2 Å². The molecular formula is C16H23NO3. The van der Waals surface area contributed by atoms with Gasteiger partial charge in [-0.25, -0.2) is 4.79 Å². The molecule has 20 heavy (non-hydrogen) atoms. The van der Waals surface area contributed by atoms with Crippen LogP contribution in [-0.4, -0.2) is 30.3 Å². The third-order valence-electron chi connectivity index (χ3n) is 3.31. The second kappa shape index (κ2) is 5.94. The summed E-state index contributed by atoms with van der Waals surface area (Å²) < 4.78 is 10.9. The summed E-state index contributed by atoms with van der Waals surface area (Å²) in [6, 6.07) is 8.14. The first-order valence-corrected chi connectivity index (χ1v) is 7.01. The highest BCUT2D eigenvalue weighted by Crippen LogP contribution is 2.22. The summed E-state index contributed by atoms with van der Waals surface area (Å²) in [4.78, 5) is 11.7. The summed E-state index contributed by atoms with van der Waals surface area (Å²) in [6.07, 6.45) is 1.41. The van der Waals surface area contributed by atoms with Gasteiger partial charge in [0.05, 0.1) is 6.10 Å². The van der Waals surface area contributed by atoms with E-state index in [2.05, 4.69) is 12.1 Å². The van der Waals surface area contributed by atoms with Crippen molar-refractivity contribution in [2.45, 2.75) is 51.4 Å². The molecule has 0 radical (unpaired) electrons. The molecule has 0 unspecified atom stereocenters. The van der Waals surface area contributed by atoms with Crippen LogP contribution >= 0.6 is 0 Å². The number of esters is 1. The van der Waals surface area contributed by atoms with E-state index in [-0.39, 0.29) is 24.7 Å². The summed E-state index contributed by atoms with van der Waals surface area (Å²) in [5.41, 5.74) is 8.17. The minimum Gasteiger partial charge on any atom is -0.458 e. The van der Waals surface area contributed by atoms with E-state index in [0.717, 1.165) is 12.8 Å². The van der Waals surface area contributed by atoms with Crippen molar-refractivity contribution in [2.24, 2.45) is 5.73 Å². The fraction of sp³-hybridized carbons (Fsp3) is 0.562. The van der Waals surface area contributed by atoms with E-state index in [4.69, 9.17) is 15.2 Å². The van der Waals surface area contributed by atoms with E-state index in [1.807, 2.05) is 32.9 Å². The van der Waals surface area contributed by atoms with Gasteiger partial charge in [0.2, 0.25) is 0 Å². The van der Waals surface area contributed by atoms with Gasteiger partial charge >= 0.3 is 5.97 Å². The lowest BCUT2D eigenvalue weighted by Crippen LogP contribution is -2.44. The summed E-state index contributed by atoms with van der Waals surface area (Å²) in [5, 5.41) is 0. The van der Waals surface area contributed by atoms with Crippen LogP contribution in [0.2, 0.25) is 0 Å². The predicted octanol–water partition coefficient (Wildman–Crippen LogP) is 1.84. The Kier molecular flexibility index (Phi) is 4.45. The molecule has 2 N–H and O–H groups in total. The molecular weight excluding hydrogens is 254 g/mol. The first kappa shape index (κ1) is 15.0. The van der Waals surface area contributed by atoms with Gasteiger partial charge in [0, 0.05) is 12.5 Å². The molecule has 0 amide bonds. The van der Waals surface area contributed by atoms with Crippen molar-refractivity contribution in [3.63, 3.8) is 0 Å². The second-order valence-electron chi connectivity index (χ2n) is 6.28. The molecule has 2 atom stereocenters. The summed E-state index contributed by atoms with van der Waals surface area (Å²) in [6.45, 7) is 5.48. The molecule has 1 aromatic carbocycles. The van der Waals surface area contributed by atoms with Crippen LogP contribution < -0.4 is 5.73 Å². The molecule has 1 aromatic rings. The predicted molar refractivity (Wildman–Crippen MR) is 77.4 cm³/mol. The maximum absolute atomic E-state index is 11.7. The number of benzene rings is 1. The third-order valence-corrected chi connectivity index (χ3v) is 3.31. The second-order valence-corrected chi connectivity index (χ2v) is 6.28. The molecule has 0 saturated heterocycles. The number of hydrogen-bond donors (Lipinski definition) is 1. The highest BCUT2D eigenvalue weighted by Gasteiger charge is 2.27. The van der Waals surface area contributed by atoms with Crippen LogP contribution in [-0.2, 0) is 27.1 Å². The molecule has 1 aliphatic carbocycles. The van der Waals surface area contributed by atoms with Crippen LogP contribution in [0.5, 0.6) is 0 Å². The number of ether oxygens (including phenoxy) is 2. The van der Waals surface area contributed by atoms with Gasteiger partial charge in [-0.15, -0.1) is 0 Å². The maximum atomic E-state index is 11.7. The highest BCUT2D eigenvalue weighted by atomic mass is 16.6. The zero-order chi connectivity index (χ0) is 14.8. The van der Waals surface area contributed by atoms with E-state index in [1.54, 1.807) is 0 Å². The Morgan fingerprint density at radius 2 is 1.85 bits per heavy atom. The number of nitrogens with two attached hydrogens (primary N) is 1. The third kappa shape index (κ3) is 4.05. The van der Waals surface area contributed by atoms with E-state index in [9.17, 15) is 4.79 Å². The molecule has 0 spiro atoms. The van der Waals surface area contributed by atoms with Crippen molar-refractivity contribution in [3.05, 3.63) is 35.4 Å². The van der Waals surface area contributed by atoms with Crippen molar-refractivity contribution < 1.29 is 14.3 Å². The molecule has 1 aliphatic rings. The van der Waals surface area contributed by atoms with Crippen LogP contribution in [0, 0.1) is 0 Å². The smallest absolute Gasteiger partial charge is 0.332 e. The van der Waals surface area contributed by atoms with E-state index in [0.29, 0.717) is 0 Å². The number of carbonyl (C=O) groups excluding carboxylic acids is 1. The molecule has 110 valence electrons. The molecule has 4 nitrogen and oxygen atoms in total. The van der Waals surface area contributed by atoms with Crippen molar-refractivity contribution in [3.8, 4) is 0 Å². The topological polar surface area (TPSA) is 61.5 Å². The van der Waals surface area contributed by atoms with Crippen LogP contribution in [0.25, 0.3) is 0 Å². The van der Waals surface area contributed by atoms with E-state index < -0.39 is 5.60 Å². The lowest BCUT2D eigenvalue weighted by Gasteiger charge is -2.30. The fourth-order valence-corrected chi connectivity index (χ4v) is 2.44. The average molecular weight is 277 g/mol. The molecule has 0 aromatic heterocycles. The van der Waals surface area contributed by atoms with E-state index >= 15 is 0 Å². The van der Waals surface area contributed by atoms with Crippen molar-refractivity contribution in [1.29, 1.82) is 0 Å². The Labute approximate surface area is 120 Å². The zero-order valence-corrected chi connectivity index (χ0v) is 12.4. The van der Waals surface area contributed by atoms with Gasteiger partial charge in [0.15, 0.2) is 0 Å². The normalized spacial score (nSPS) is 22.2. The van der Waals surface area contributed by atoms with Gasteiger partial charge in [-0.1, -0.05) is 24.3 Å². The first-order chi connectivity index (χ1) is 9.35. The first-order valence-electron chi connectivity index (χ1n) is 7.01.